The first kappa shape index (κ1) is 22.4. The van der Waals surface area contributed by atoms with Gasteiger partial charge in [-0.15, -0.1) is 0 Å². The number of ether oxygens (including phenoxy) is 1. The Kier molecular flexibility index (Phi) is 6.04. The number of amides is 3. The topological polar surface area (TPSA) is 113 Å². The van der Waals surface area contributed by atoms with E-state index in [-0.39, 0.29) is 53.0 Å². The number of fused-ring (bicyclic) bond motifs is 1. The van der Waals surface area contributed by atoms with Crippen LogP contribution in [-0.4, -0.2) is 67.7 Å². The molecule has 0 radical (unpaired) electrons. The van der Waals surface area contributed by atoms with Crippen LogP contribution in [0.25, 0.3) is 0 Å². The molecule has 0 spiro atoms. The number of rotatable bonds is 5. The number of carbonyl (C=O) groups excluding carboxylic acids is 3. The number of hydrogen-bond donors (Lipinski definition) is 1. The lowest BCUT2D eigenvalue weighted by atomic mass is 10.1. The summed E-state index contributed by atoms with van der Waals surface area (Å²) < 4.78 is 32.4. The quantitative estimate of drug-likeness (QED) is 0.659. The SMILES string of the molecule is C[C@H](C(=O)Nc1ccc(Cl)c(S(=O)(=O)N2CCOCC2)c1)N1C(=O)c2ccccc2C1=O. The lowest BCUT2D eigenvalue weighted by Crippen LogP contribution is -2.45. The van der Waals surface area contributed by atoms with Gasteiger partial charge in [0, 0.05) is 18.8 Å². The summed E-state index contributed by atoms with van der Waals surface area (Å²) in [5.41, 5.74) is 0.653. The highest BCUT2D eigenvalue weighted by molar-refractivity contribution is 7.89. The molecule has 3 amide bonds. The van der Waals surface area contributed by atoms with Gasteiger partial charge in [-0.05, 0) is 37.3 Å². The number of hydrogen-bond acceptors (Lipinski definition) is 6. The molecule has 0 aromatic heterocycles. The molecule has 168 valence electrons. The number of benzene rings is 2. The van der Waals surface area contributed by atoms with Crippen molar-refractivity contribution in [1.82, 2.24) is 9.21 Å². The molecule has 2 aliphatic rings. The second-order valence-electron chi connectivity index (χ2n) is 7.35. The Balaban J connectivity index is 1.55. The maximum atomic E-state index is 13.0. The second-order valence-corrected chi connectivity index (χ2v) is 9.67. The zero-order valence-corrected chi connectivity index (χ0v) is 18.6. The summed E-state index contributed by atoms with van der Waals surface area (Å²) in [6.45, 7) is 2.40. The molecule has 1 fully saturated rings. The summed E-state index contributed by atoms with van der Waals surface area (Å²) in [4.78, 5) is 38.8. The molecule has 0 aliphatic carbocycles. The first-order chi connectivity index (χ1) is 15.2. The van der Waals surface area contributed by atoms with Crippen molar-refractivity contribution in [2.75, 3.05) is 31.6 Å². The fraction of sp³-hybridized carbons (Fsp3) is 0.286. The van der Waals surface area contributed by atoms with E-state index >= 15 is 0 Å². The molecule has 9 nitrogen and oxygen atoms in total. The third kappa shape index (κ3) is 3.90. The number of nitrogens with zero attached hydrogens (tertiary/aromatic N) is 2. The van der Waals surface area contributed by atoms with Gasteiger partial charge in [-0.25, -0.2) is 8.42 Å². The number of imide groups is 1. The standard InChI is InChI=1S/C21H20ClN3O6S/c1-13(25-20(27)15-4-2-3-5-16(15)21(25)28)19(26)23-14-6-7-17(22)18(12-14)32(29,30)24-8-10-31-11-9-24/h2-7,12-13H,8-11H2,1H3,(H,23,26)/t13-/m1/s1. The Hall–Kier alpha value is -2.79. The number of anilines is 1. The third-order valence-corrected chi connectivity index (χ3v) is 7.76. The maximum Gasteiger partial charge on any atom is 0.262 e. The van der Waals surface area contributed by atoms with Crippen LogP contribution in [0.1, 0.15) is 27.6 Å². The summed E-state index contributed by atoms with van der Waals surface area (Å²) in [6.07, 6.45) is 0. The van der Waals surface area contributed by atoms with Crippen LogP contribution in [0.2, 0.25) is 5.02 Å². The van der Waals surface area contributed by atoms with Gasteiger partial charge in [-0.1, -0.05) is 23.7 Å². The number of carbonyl (C=O) groups is 3. The molecular weight excluding hydrogens is 458 g/mol. The van der Waals surface area contributed by atoms with Crippen molar-refractivity contribution >= 4 is 45.0 Å². The Morgan fingerprint density at radius 1 is 1.06 bits per heavy atom. The van der Waals surface area contributed by atoms with E-state index in [1.165, 1.54) is 41.6 Å². The van der Waals surface area contributed by atoms with Gasteiger partial charge in [-0.2, -0.15) is 4.31 Å². The van der Waals surface area contributed by atoms with Crippen LogP contribution in [-0.2, 0) is 19.6 Å². The summed E-state index contributed by atoms with van der Waals surface area (Å²) in [5, 5.41) is 2.59. The van der Waals surface area contributed by atoms with E-state index < -0.39 is 33.8 Å². The van der Waals surface area contributed by atoms with Gasteiger partial charge >= 0.3 is 0 Å². The van der Waals surface area contributed by atoms with Crippen LogP contribution < -0.4 is 5.32 Å². The second kappa shape index (κ2) is 8.62. The molecular formula is C21H20ClN3O6S. The summed E-state index contributed by atoms with van der Waals surface area (Å²) in [6, 6.07) is 9.32. The lowest BCUT2D eigenvalue weighted by molar-refractivity contribution is -0.119. The van der Waals surface area contributed by atoms with E-state index in [1.54, 1.807) is 12.1 Å². The van der Waals surface area contributed by atoms with Crippen LogP contribution in [0.5, 0.6) is 0 Å². The van der Waals surface area contributed by atoms with E-state index in [0.29, 0.717) is 0 Å². The average molecular weight is 478 g/mol. The molecule has 11 heteroatoms. The van der Waals surface area contributed by atoms with E-state index in [9.17, 15) is 22.8 Å². The fourth-order valence-electron chi connectivity index (χ4n) is 3.63. The van der Waals surface area contributed by atoms with Crippen LogP contribution >= 0.6 is 11.6 Å². The maximum absolute atomic E-state index is 13.0. The predicted octanol–water partition coefficient (Wildman–Crippen LogP) is 1.98. The minimum absolute atomic E-state index is 0.0166. The Labute approximate surface area is 189 Å². The van der Waals surface area contributed by atoms with Crippen molar-refractivity contribution in [3.63, 3.8) is 0 Å². The molecule has 4 rings (SSSR count). The molecule has 2 aliphatic heterocycles. The van der Waals surface area contributed by atoms with Crippen molar-refractivity contribution in [2.24, 2.45) is 0 Å². The van der Waals surface area contributed by atoms with Crippen molar-refractivity contribution < 1.29 is 27.5 Å². The van der Waals surface area contributed by atoms with Crippen LogP contribution in [0.15, 0.2) is 47.4 Å². The van der Waals surface area contributed by atoms with Crippen molar-refractivity contribution in [1.29, 1.82) is 0 Å². The number of sulfonamides is 1. The molecule has 0 unspecified atom stereocenters. The summed E-state index contributed by atoms with van der Waals surface area (Å²) in [7, 11) is -3.89. The minimum atomic E-state index is -3.89. The third-order valence-electron chi connectivity index (χ3n) is 5.38. The number of morpholine rings is 1. The smallest absolute Gasteiger partial charge is 0.262 e. The molecule has 1 atom stereocenters. The molecule has 2 heterocycles. The van der Waals surface area contributed by atoms with E-state index in [2.05, 4.69) is 5.32 Å². The highest BCUT2D eigenvalue weighted by Gasteiger charge is 2.40. The van der Waals surface area contributed by atoms with Gasteiger partial charge in [-0.3, -0.25) is 19.3 Å². The highest BCUT2D eigenvalue weighted by Crippen LogP contribution is 2.29. The molecule has 0 saturated carbocycles. The van der Waals surface area contributed by atoms with E-state index in [1.807, 2.05) is 0 Å². The molecule has 1 saturated heterocycles. The monoisotopic (exact) mass is 477 g/mol. The van der Waals surface area contributed by atoms with Crippen LogP contribution in [0, 0.1) is 0 Å². The van der Waals surface area contributed by atoms with Gasteiger partial charge in [0.25, 0.3) is 11.8 Å². The Morgan fingerprint density at radius 2 is 1.66 bits per heavy atom. The normalized spacial score (nSPS) is 17.9. The summed E-state index contributed by atoms with van der Waals surface area (Å²) >= 11 is 6.15. The first-order valence-electron chi connectivity index (χ1n) is 9.87. The molecule has 0 bridgehead atoms. The van der Waals surface area contributed by atoms with Gasteiger partial charge < -0.3 is 10.1 Å². The zero-order valence-electron chi connectivity index (χ0n) is 17.1. The first-order valence-corrected chi connectivity index (χ1v) is 11.7. The van der Waals surface area contributed by atoms with Gasteiger partial charge in [0.1, 0.15) is 10.9 Å². The van der Waals surface area contributed by atoms with Gasteiger partial charge in [0.2, 0.25) is 15.9 Å². The van der Waals surface area contributed by atoms with E-state index in [0.717, 1.165) is 4.90 Å². The van der Waals surface area contributed by atoms with E-state index in [4.69, 9.17) is 16.3 Å². The predicted molar refractivity (Wildman–Crippen MR) is 116 cm³/mol. The summed E-state index contributed by atoms with van der Waals surface area (Å²) in [5.74, 6) is -1.75. The fourth-order valence-corrected chi connectivity index (χ4v) is 5.54. The Bertz CT molecular complexity index is 1170. The zero-order chi connectivity index (χ0) is 23.0. The Morgan fingerprint density at radius 3 is 2.25 bits per heavy atom. The largest absolute Gasteiger partial charge is 0.379 e. The molecule has 2 aromatic rings. The van der Waals surface area contributed by atoms with Crippen LogP contribution in [0.4, 0.5) is 5.69 Å². The number of nitrogens with one attached hydrogen (secondary N) is 1. The van der Waals surface area contributed by atoms with Gasteiger partial charge in [0.15, 0.2) is 0 Å². The highest BCUT2D eigenvalue weighted by atomic mass is 35.5. The molecule has 2 aromatic carbocycles. The molecule has 1 N–H and O–H groups in total. The van der Waals surface area contributed by atoms with Crippen molar-refractivity contribution in [2.45, 2.75) is 17.9 Å². The van der Waals surface area contributed by atoms with Crippen molar-refractivity contribution in [3.8, 4) is 0 Å². The number of halogens is 1. The average Bonchev–Trinajstić information content (AvgIpc) is 3.05. The van der Waals surface area contributed by atoms with Gasteiger partial charge in [0.05, 0.1) is 29.4 Å². The van der Waals surface area contributed by atoms with Crippen LogP contribution in [0.3, 0.4) is 0 Å². The minimum Gasteiger partial charge on any atom is -0.379 e. The molecule has 32 heavy (non-hydrogen) atoms. The lowest BCUT2D eigenvalue weighted by Gasteiger charge is -2.26. The van der Waals surface area contributed by atoms with Crippen molar-refractivity contribution in [3.05, 3.63) is 58.6 Å².